The lowest BCUT2D eigenvalue weighted by molar-refractivity contribution is -0.0492. The van der Waals surface area contributed by atoms with Gasteiger partial charge in [0.1, 0.15) is 29.8 Å². The molecule has 4 rings (SSSR count). The number of rotatable bonds is 12. The van der Waals surface area contributed by atoms with E-state index in [4.69, 9.17) is 9.47 Å². The summed E-state index contributed by atoms with van der Waals surface area (Å²) in [6.45, 7) is 8.40. The summed E-state index contributed by atoms with van der Waals surface area (Å²) in [7, 11) is 0. The van der Waals surface area contributed by atoms with E-state index in [0.717, 1.165) is 30.8 Å². The standard InChI is InChI=1S/C35H40O3/c1-5-26(2)31-17-11-28(12-18-31)24-29-13-19-32(20-14-29)37-25-34(36)35(3,4)38-33-21-15-30(16-22-33)23-27-9-7-6-8-10-27/h6-22,26,34,36H,5,23-25H2,1-4H3. The lowest BCUT2D eigenvalue weighted by atomic mass is 9.96. The fourth-order valence-corrected chi connectivity index (χ4v) is 4.39. The Morgan fingerprint density at radius 3 is 1.66 bits per heavy atom. The van der Waals surface area contributed by atoms with Crippen LogP contribution in [0.2, 0.25) is 0 Å². The highest BCUT2D eigenvalue weighted by Crippen LogP contribution is 2.24. The minimum absolute atomic E-state index is 0.148. The number of hydrogen-bond acceptors (Lipinski definition) is 3. The van der Waals surface area contributed by atoms with Crippen molar-refractivity contribution in [3.05, 3.63) is 131 Å². The monoisotopic (exact) mass is 508 g/mol. The second kappa shape index (κ2) is 12.8. The Kier molecular flexibility index (Phi) is 9.25. The summed E-state index contributed by atoms with van der Waals surface area (Å²) >= 11 is 0. The number of ether oxygens (including phenoxy) is 2. The van der Waals surface area contributed by atoms with Crippen molar-refractivity contribution in [2.75, 3.05) is 6.61 Å². The molecule has 0 fully saturated rings. The Bertz CT molecular complexity index is 1240. The lowest BCUT2D eigenvalue weighted by Gasteiger charge is -2.31. The quantitative estimate of drug-likeness (QED) is 0.211. The SMILES string of the molecule is CCC(C)c1ccc(Cc2ccc(OCC(O)C(C)(C)Oc3ccc(Cc4ccccc4)cc3)cc2)cc1. The van der Waals surface area contributed by atoms with E-state index in [2.05, 4.69) is 86.6 Å². The molecule has 0 spiro atoms. The fourth-order valence-electron chi connectivity index (χ4n) is 4.39. The first-order chi connectivity index (χ1) is 18.3. The van der Waals surface area contributed by atoms with E-state index in [0.29, 0.717) is 5.92 Å². The minimum Gasteiger partial charge on any atom is -0.491 e. The van der Waals surface area contributed by atoms with Crippen molar-refractivity contribution in [2.24, 2.45) is 0 Å². The first-order valence-corrected chi connectivity index (χ1v) is 13.6. The zero-order chi connectivity index (χ0) is 27.0. The van der Waals surface area contributed by atoms with E-state index in [1.54, 1.807) is 0 Å². The van der Waals surface area contributed by atoms with Crippen molar-refractivity contribution in [1.82, 2.24) is 0 Å². The molecular weight excluding hydrogens is 468 g/mol. The average molecular weight is 509 g/mol. The summed E-state index contributed by atoms with van der Waals surface area (Å²) < 4.78 is 12.0. The van der Waals surface area contributed by atoms with Crippen LogP contribution in [0.4, 0.5) is 0 Å². The maximum absolute atomic E-state index is 10.8. The van der Waals surface area contributed by atoms with Crippen LogP contribution in [0.25, 0.3) is 0 Å². The summed E-state index contributed by atoms with van der Waals surface area (Å²) in [4.78, 5) is 0. The molecule has 0 saturated carbocycles. The minimum atomic E-state index is -0.803. The second-order valence-corrected chi connectivity index (χ2v) is 10.7. The van der Waals surface area contributed by atoms with E-state index in [1.165, 1.54) is 27.8 Å². The van der Waals surface area contributed by atoms with Gasteiger partial charge in [-0.05, 0) is 91.1 Å². The Labute approximate surface area is 228 Å². The molecule has 0 aliphatic heterocycles. The van der Waals surface area contributed by atoms with Gasteiger partial charge in [0.05, 0.1) is 0 Å². The van der Waals surface area contributed by atoms with Crippen molar-refractivity contribution >= 4 is 0 Å². The van der Waals surface area contributed by atoms with E-state index >= 15 is 0 Å². The second-order valence-electron chi connectivity index (χ2n) is 10.7. The highest BCUT2D eigenvalue weighted by atomic mass is 16.5. The molecular formula is C35H40O3. The van der Waals surface area contributed by atoms with Gasteiger partial charge in [0, 0.05) is 0 Å². The van der Waals surface area contributed by atoms with Crippen LogP contribution >= 0.6 is 0 Å². The van der Waals surface area contributed by atoms with Crippen LogP contribution in [0.15, 0.2) is 103 Å². The van der Waals surface area contributed by atoms with Gasteiger partial charge in [-0.25, -0.2) is 0 Å². The molecule has 3 nitrogen and oxygen atoms in total. The van der Waals surface area contributed by atoms with Gasteiger partial charge in [0.2, 0.25) is 0 Å². The summed E-state index contributed by atoms with van der Waals surface area (Å²) in [5.41, 5.74) is 5.62. The Balaban J connectivity index is 1.26. The fraction of sp³-hybridized carbons (Fsp3) is 0.314. The molecule has 0 aliphatic rings. The Morgan fingerprint density at radius 1 is 0.658 bits per heavy atom. The van der Waals surface area contributed by atoms with E-state index in [-0.39, 0.29) is 6.61 Å². The summed E-state index contributed by atoms with van der Waals surface area (Å²) in [5.74, 6) is 2.06. The lowest BCUT2D eigenvalue weighted by Crippen LogP contribution is -2.45. The Morgan fingerprint density at radius 2 is 1.13 bits per heavy atom. The maximum Gasteiger partial charge on any atom is 0.132 e. The highest BCUT2D eigenvalue weighted by molar-refractivity contribution is 5.34. The largest absolute Gasteiger partial charge is 0.491 e. The van der Waals surface area contributed by atoms with Crippen molar-refractivity contribution in [3.63, 3.8) is 0 Å². The van der Waals surface area contributed by atoms with E-state index in [9.17, 15) is 5.11 Å². The number of aliphatic hydroxyl groups is 1. The van der Waals surface area contributed by atoms with Gasteiger partial charge < -0.3 is 14.6 Å². The van der Waals surface area contributed by atoms with Gasteiger partial charge in [-0.1, -0.05) is 92.7 Å². The van der Waals surface area contributed by atoms with Gasteiger partial charge in [-0.15, -0.1) is 0 Å². The number of hydrogen-bond donors (Lipinski definition) is 1. The van der Waals surface area contributed by atoms with Gasteiger partial charge in [-0.2, -0.15) is 0 Å². The van der Waals surface area contributed by atoms with Crippen molar-refractivity contribution < 1.29 is 14.6 Å². The van der Waals surface area contributed by atoms with Crippen LogP contribution in [-0.2, 0) is 12.8 Å². The zero-order valence-electron chi connectivity index (χ0n) is 23.1. The van der Waals surface area contributed by atoms with Gasteiger partial charge in [0.15, 0.2) is 0 Å². The van der Waals surface area contributed by atoms with Crippen molar-refractivity contribution in [1.29, 1.82) is 0 Å². The number of aliphatic hydroxyl groups excluding tert-OH is 1. The van der Waals surface area contributed by atoms with E-state index in [1.807, 2.05) is 44.2 Å². The molecule has 1 N–H and O–H groups in total. The molecule has 0 aromatic heterocycles. The normalized spacial score (nSPS) is 13.1. The molecule has 0 aliphatic carbocycles. The molecule has 38 heavy (non-hydrogen) atoms. The third kappa shape index (κ3) is 7.72. The topological polar surface area (TPSA) is 38.7 Å². The van der Waals surface area contributed by atoms with Crippen LogP contribution in [0.5, 0.6) is 11.5 Å². The molecule has 3 heteroatoms. The average Bonchev–Trinajstić information content (AvgIpc) is 2.94. The van der Waals surface area contributed by atoms with Crippen molar-refractivity contribution in [2.45, 2.75) is 64.6 Å². The molecule has 2 unspecified atom stereocenters. The maximum atomic E-state index is 10.8. The molecule has 4 aromatic carbocycles. The first-order valence-electron chi connectivity index (χ1n) is 13.6. The molecule has 0 heterocycles. The van der Waals surface area contributed by atoms with Crippen LogP contribution in [0.1, 0.15) is 67.9 Å². The molecule has 0 amide bonds. The summed E-state index contributed by atoms with van der Waals surface area (Å²) in [6.07, 6.45) is 2.12. The molecule has 0 bridgehead atoms. The van der Waals surface area contributed by atoms with Crippen molar-refractivity contribution in [3.8, 4) is 11.5 Å². The molecule has 198 valence electrons. The third-order valence-corrected chi connectivity index (χ3v) is 7.26. The van der Waals surface area contributed by atoms with Gasteiger partial charge in [0.25, 0.3) is 0 Å². The Hall–Kier alpha value is -3.56. The molecule has 2 atom stereocenters. The van der Waals surface area contributed by atoms with Crippen LogP contribution < -0.4 is 9.47 Å². The zero-order valence-corrected chi connectivity index (χ0v) is 23.1. The molecule has 4 aromatic rings. The summed E-state index contributed by atoms with van der Waals surface area (Å²) in [6, 6.07) is 35.5. The molecule has 0 radical (unpaired) electrons. The van der Waals surface area contributed by atoms with Gasteiger partial charge in [-0.3, -0.25) is 0 Å². The first kappa shape index (κ1) is 27.5. The van der Waals surface area contributed by atoms with E-state index < -0.39 is 11.7 Å². The van der Waals surface area contributed by atoms with Crippen LogP contribution in [0.3, 0.4) is 0 Å². The number of benzene rings is 4. The van der Waals surface area contributed by atoms with Crippen LogP contribution in [-0.4, -0.2) is 23.4 Å². The summed E-state index contributed by atoms with van der Waals surface area (Å²) in [5, 5.41) is 10.8. The molecule has 0 saturated heterocycles. The van der Waals surface area contributed by atoms with Crippen LogP contribution in [0, 0.1) is 0 Å². The predicted octanol–water partition coefficient (Wildman–Crippen LogP) is 7.98. The van der Waals surface area contributed by atoms with Gasteiger partial charge >= 0.3 is 0 Å². The predicted molar refractivity (Wildman–Crippen MR) is 156 cm³/mol. The third-order valence-electron chi connectivity index (χ3n) is 7.26. The smallest absolute Gasteiger partial charge is 0.132 e. The highest BCUT2D eigenvalue weighted by Gasteiger charge is 2.30.